The molecule has 0 aliphatic heterocycles. The highest BCUT2D eigenvalue weighted by Crippen LogP contribution is 2.22. The zero-order valence-corrected chi connectivity index (χ0v) is 13.7. The highest BCUT2D eigenvalue weighted by atomic mass is 16.5. The van der Waals surface area contributed by atoms with E-state index in [4.69, 9.17) is 4.74 Å². The second-order valence-corrected chi connectivity index (χ2v) is 5.99. The molecule has 0 fully saturated rings. The second-order valence-electron chi connectivity index (χ2n) is 5.99. The van der Waals surface area contributed by atoms with Crippen LogP contribution in [-0.2, 0) is 0 Å². The molecule has 1 rings (SSSR count). The molecule has 1 aromatic carbocycles. The highest BCUT2D eigenvalue weighted by molar-refractivity contribution is 5.35. The largest absolute Gasteiger partial charge is 0.492 e. The maximum absolute atomic E-state index is 5.83. The molecule has 0 unspecified atom stereocenters. The van der Waals surface area contributed by atoms with Crippen LogP contribution < -0.4 is 10.1 Å². The number of ether oxygens (including phenoxy) is 1. The van der Waals surface area contributed by atoms with E-state index in [-0.39, 0.29) is 0 Å². The summed E-state index contributed by atoms with van der Waals surface area (Å²) in [4.78, 5) is 2.21. The molecule has 0 amide bonds. The topological polar surface area (TPSA) is 24.5 Å². The van der Waals surface area contributed by atoms with Crippen molar-refractivity contribution in [2.24, 2.45) is 0 Å². The molecule has 3 heteroatoms. The lowest BCUT2D eigenvalue weighted by molar-refractivity contribution is 0.310. The van der Waals surface area contributed by atoms with E-state index in [9.17, 15) is 0 Å². The Hall–Kier alpha value is -1.06. The van der Waals surface area contributed by atoms with Gasteiger partial charge in [-0.05, 0) is 69.7 Å². The summed E-state index contributed by atoms with van der Waals surface area (Å²) in [6.45, 7) is 10.4. The molecule has 0 spiro atoms. The number of aryl methyl sites for hydroxylation is 1. The van der Waals surface area contributed by atoms with Crippen molar-refractivity contribution in [3.63, 3.8) is 0 Å². The van der Waals surface area contributed by atoms with Gasteiger partial charge in [0.2, 0.25) is 0 Å². The lowest BCUT2D eigenvalue weighted by Gasteiger charge is -2.13. The Morgan fingerprint density at radius 1 is 1.15 bits per heavy atom. The molecule has 114 valence electrons. The van der Waals surface area contributed by atoms with Crippen molar-refractivity contribution in [2.45, 2.75) is 33.1 Å². The smallest absolute Gasteiger partial charge is 0.119 e. The van der Waals surface area contributed by atoms with Crippen molar-refractivity contribution < 1.29 is 4.74 Å². The first kappa shape index (κ1) is 17.0. The van der Waals surface area contributed by atoms with Crippen LogP contribution in [0.4, 0.5) is 0 Å². The van der Waals surface area contributed by atoms with Crippen LogP contribution in [0.5, 0.6) is 5.75 Å². The standard InChI is InChI=1S/C17H30N2O/c1-14(2)16-11-15(3)12-17(13-16)20-10-8-18-7-6-9-19(4)5/h11-14,18H,6-10H2,1-5H3. The summed E-state index contributed by atoms with van der Waals surface area (Å²) in [6, 6.07) is 6.50. The van der Waals surface area contributed by atoms with Crippen LogP contribution in [-0.4, -0.2) is 45.2 Å². The van der Waals surface area contributed by atoms with Gasteiger partial charge in [0.05, 0.1) is 0 Å². The van der Waals surface area contributed by atoms with Crippen LogP contribution in [0, 0.1) is 6.92 Å². The summed E-state index contributed by atoms with van der Waals surface area (Å²) in [6.07, 6.45) is 1.18. The van der Waals surface area contributed by atoms with Gasteiger partial charge >= 0.3 is 0 Å². The average molecular weight is 278 g/mol. The van der Waals surface area contributed by atoms with Crippen molar-refractivity contribution in [3.05, 3.63) is 29.3 Å². The molecule has 3 nitrogen and oxygen atoms in total. The minimum atomic E-state index is 0.543. The first-order valence-corrected chi connectivity index (χ1v) is 7.59. The first-order chi connectivity index (χ1) is 9.49. The van der Waals surface area contributed by atoms with E-state index in [1.54, 1.807) is 0 Å². The lowest BCUT2D eigenvalue weighted by atomic mass is 10.0. The van der Waals surface area contributed by atoms with Gasteiger partial charge in [-0.2, -0.15) is 0 Å². The quantitative estimate of drug-likeness (QED) is 0.703. The van der Waals surface area contributed by atoms with E-state index in [1.165, 1.54) is 17.5 Å². The Bertz CT molecular complexity index is 389. The molecule has 0 radical (unpaired) electrons. The molecule has 20 heavy (non-hydrogen) atoms. The van der Waals surface area contributed by atoms with E-state index in [2.05, 4.69) is 63.3 Å². The maximum Gasteiger partial charge on any atom is 0.119 e. The second kappa shape index (κ2) is 8.98. The van der Waals surface area contributed by atoms with Crippen LogP contribution in [0.25, 0.3) is 0 Å². The Labute approximate surface area is 124 Å². The molecule has 0 saturated carbocycles. The van der Waals surface area contributed by atoms with Gasteiger partial charge in [0, 0.05) is 6.54 Å². The lowest BCUT2D eigenvalue weighted by Crippen LogP contribution is -2.25. The van der Waals surface area contributed by atoms with Gasteiger partial charge in [-0.15, -0.1) is 0 Å². The number of hydrogen-bond acceptors (Lipinski definition) is 3. The summed E-state index contributed by atoms with van der Waals surface area (Å²) in [5.41, 5.74) is 2.61. The van der Waals surface area contributed by atoms with Crippen molar-refractivity contribution >= 4 is 0 Å². The van der Waals surface area contributed by atoms with Gasteiger partial charge < -0.3 is 15.0 Å². The van der Waals surface area contributed by atoms with Crippen molar-refractivity contribution in [2.75, 3.05) is 40.3 Å². The highest BCUT2D eigenvalue weighted by Gasteiger charge is 2.03. The van der Waals surface area contributed by atoms with E-state index in [0.717, 1.165) is 32.0 Å². The third-order valence-corrected chi connectivity index (χ3v) is 3.25. The zero-order chi connectivity index (χ0) is 15.0. The molecule has 0 bridgehead atoms. The van der Waals surface area contributed by atoms with E-state index < -0.39 is 0 Å². The molecule has 0 aliphatic carbocycles. The molecular formula is C17H30N2O. The minimum Gasteiger partial charge on any atom is -0.492 e. The summed E-state index contributed by atoms with van der Waals surface area (Å²) in [7, 11) is 4.21. The fourth-order valence-electron chi connectivity index (χ4n) is 2.08. The molecule has 0 saturated heterocycles. The molecular weight excluding hydrogens is 248 g/mol. The predicted octanol–water partition coefficient (Wildman–Crippen LogP) is 3.04. The SMILES string of the molecule is Cc1cc(OCCNCCCN(C)C)cc(C(C)C)c1. The fraction of sp³-hybridized carbons (Fsp3) is 0.647. The summed E-state index contributed by atoms with van der Waals surface area (Å²) in [5.74, 6) is 1.53. The Balaban J connectivity index is 2.25. The number of benzene rings is 1. The normalized spacial score (nSPS) is 11.3. The maximum atomic E-state index is 5.83. The van der Waals surface area contributed by atoms with E-state index in [1.807, 2.05) is 0 Å². The van der Waals surface area contributed by atoms with Crippen LogP contribution in [0.3, 0.4) is 0 Å². The summed E-state index contributed by atoms with van der Waals surface area (Å²) in [5, 5.41) is 3.41. The Morgan fingerprint density at radius 2 is 1.90 bits per heavy atom. The molecule has 0 atom stereocenters. The van der Waals surface area contributed by atoms with E-state index in [0.29, 0.717) is 5.92 Å². The van der Waals surface area contributed by atoms with Gasteiger partial charge in [-0.1, -0.05) is 19.9 Å². The van der Waals surface area contributed by atoms with Crippen molar-refractivity contribution in [3.8, 4) is 5.75 Å². The fourth-order valence-corrected chi connectivity index (χ4v) is 2.08. The van der Waals surface area contributed by atoms with Gasteiger partial charge in [0.1, 0.15) is 12.4 Å². The number of nitrogens with one attached hydrogen (secondary N) is 1. The van der Waals surface area contributed by atoms with Crippen LogP contribution in [0.15, 0.2) is 18.2 Å². The molecule has 0 heterocycles. The van der Waals surface area contributed by atoms with Crippen LogP contribution in [0.2, 0.25) is 0 Å². The monoisotopic (exact) mass is 278 g/mol. The van der Waals surface area contributed by atoms with Crippen LogP contribution in [0.1, 0.15) is 37.3 Å². The summed E-state index contributed by atoms with van der Waals surface area (Å²) < 4.78 is 5.83. The first-order valence-electron chi connectivity index (χ1n) is 7.59. The van der Waals surface area contributed by atoms with Gasteiger partial charge in [-0.3, -0.25) is 0 Å². The Morgan fingerprint density at radius 3 is 2.55 bits per heavy atom. The number of rotatable bonds is 9. The third-order valence-electron chi connectivity index (χ3n) is 3.25. The summed E-state index contributed by atoms with van der Waals surface area (Å²) >= 11 is 0. The predicted molar refractivity (Wildman–Crippen MR) is 86.8 cm³/mol. The molecule has 0 aromatic heterocycles. The molecule has 0 aliphatic rings. The van der Waals surface area contributed by atoms with Crippen molar-refractivity contribution in [1.29, 1.82) is 0 Å². The molecule has 1 N–H and O–H groups in total. The van der Waals surface area contributed by atoms with E-state index >= 15 is 0 Å². The van der Waals surface area contributed by atoms with Gasteiger partial charge in [-0.25, -0.2) is 0 Å². The zero-order valence-electron chi connectivity index (χ0n) is 13.7. The van der Waals surface area contributed by atoms with Gasteiger partial charge in [0.25, 0.3) is 0 Å². The van der Waals surface area contributed by atoms with Crippen molar-refractivity contribution in [1.82, 2.24) is 10.2 Å². The minimum absolute atomic E-state index is 0.543. The average Bonchev–Trinajstić information content (AvgIpc) is 2.36. The van der Waals surface area contributed by atoms with Crippen LogP contribution >= 0.6 is 0 Å². The number of hydrogen-bond donors (Lipinski definition) is 1. The number of nitrogens with zero attached hydrogens (tertiary/aromatic N) is 1. The van der Waals surface area contributed by atoms with Gasteiger partial charge in [0.15, 0.2) is 0 Å². The molecule has 1 aromatic rings. The Kier molecular flexibility index (Phi) is 7.63. The third kappa shape index (κ3) is 6.92.